The van der Waals surface area contributed by atoms with Gasteiger partial charge in [-0.1, -0.05) is 13.8 Å². The van der Waals surface area contributed by atoms with Crippen LogP contribution in [-0.2, 0) is 0 Å². The van der Waals surface area contributed by atoms with Crippen molar-refractivity contribution in [2.45, 2.75) is 40.7 Å². The lowest BCUT2D eigenvalue weighted by atomic mass is 10.2. The van der Waals surface area contributed by atoms with Gasteiger partial charge in [-0.05, 0) is 32.9 Å². The normalized spacial score (nSPS) is 9.60. The van der Waals surface area contributed by atoms with Gasteiger partial charge >= 0.3 is 0 Å². The lowest BCUT2D eigenvalue weighted by Gasteiger charge is -2.10. The number of hydrogen-bond donors (Lipinski definition) is 1. The lowest BCUT2D eigenvalue weighted by molar-refractivity contribution is 0.568. The summed E-state index contributed by atoms with van der Waals surface area (Å²) in [5.41, 5.74) is 0.546. The number of halogens is 2. The van der Waals surface area contributed by atoms with Gasteiger partial charge in [0.15, 0.2) is 0 Å². The first kappa shape index (κ1) is 13.9. The molecule has 0 bridgehead atoms. The molecule has 86 valence electrons. The van der Waals surface area contributed by atoms with Gasteiger partial charge in [0, 0.05) is 17.3 Å². The number of anilines is 1. The molecule has 0 aliphatic heterocycles. The largest absolute Gasteiger partial charge is 0.383 e. The molecule has 1 N–H and O–H groups in total. The Morgan fingerprint density at radius 3 is 1.80 bits per heavy atom. The van der Waals surface area contributed by atoms with Crippen molar-refractivity contribution >= 4 is 5.69 Å². The summed E-state index contributed by atoms with van der Waals surface area (Å²) in [6, 6.07) is 2.78. The van der Waals surface area contributed by atoms with Crippen molar-refractivity contribution in [2.75, 3.05) is 5.32 Å². The quantitative estimate of drug-likeness (QED) is 0.782. The van der Waals surface area contributed by atoms with Gasteiger partial charge in [-0.2, -0.15) is 0 Å². The predicted molar refractivity (Wildman–Crippen MR) is 61.2 cm³/mol. The average Bonchev–Trinajstić information content (AvgIpc) is 2.16. The van der Waals surface area contributed by atoms with Crippen LogP contribution < -0.4 is 5.32 Å². The molecule has 0 saturated heterocycles. The van der Waals surface area contributed by atoms with E-state index in [1.807, 2.05) is 27.7 Å². The lowest BCUT2D eigenvalue weighted by Crippen LogP contribution is -2.10. The zero-order chi connectivity index (χ0) is 12.0. The fourth-order valence-corrected chi connectivity index (χ4v) is 1.06. The SMILES string of the molecule is CC.Cc1c(F)cc(NC(C)C)cc1F. The average molecular weight is 215 g/mol. The van der Waals surface area contributed by atoms with Crippen molar-refractivity contribution in [2.24, 2.45) is 0 Å². The molecule has 1 nitrogen and oxygen atoms in total. The first-order valence-corrected chi connectivity index (χ1v) is 5.23. The minimum Gasteiger partial charge on any atom is -0.383 e. The van der Waals surface area contributed by atoms with Crippen LogP contribution in [0.15, 0.2) is 12.1 Å². The van der Waals surface area contributed by atoms with Gasteiger partial charge in [0.05, 0.1) is 0 Å². The van der Waals surface area contributed by atoms with Gasteiger partial charge < -0.3 is 5.32 Å². The molecule has 0 aliphatic carbocycles. The van der Waals surface area contributed by atoms with Gasteiger partial charge in [0.25, 0.3) is 0 Å². The summed E-state index contributed by atoms with van der Waals surface area (Å²) in [7, 11) is 0. The van der Waals surface area contributed by atoms with E-state index in [0.717, 1.165) is 0 Å². The number of nitrogens with one attached hydrogen (secondary N) is 1. The number of benzene rings is 1. The van der Waals surface area contributed by atoms with Crippen molar-refractivity contribution in [1.82, 2.24) is 0 Å². The van der Waals surface area contributed by atoms with Crippen LogP contribution in [0.4, 0.5) is 14.5 Å². The predicted octanol–water partition coefficient (Wildman–Crippen LogP) is 4.12. The molecule has 15 heavy (non-hydrogen) atoms. The van der Waals surface area contributed by atoms with Crippen LogP contribution in [0.5, 0.6) is 0 Å². The first-order valence-electron chi connectivity index (χ1n) is 5.23. The zero-order valence-corrected chi connectivity index (χ0v) is 9.99. The Hall–Kier alpha value is -1.12. The Balaban J connectivity index is 0.000000921. The number of hydrogen-bond acceptors (Lipinski definition) is 1. The highest BCUT2D eigenvalue weighted by Crippen LogP contribution is 2.18. The van der Waals surface area contributed by atoms with Crippen molar-refractivity contribution in [3.63, 3.8) is 0 Å². The van der Waals surface area contributed by atoms with Crippen LogP contribution in [-0.4, -0.2) is 6.04 Å². The summed E-state index contributed by atoms with van der Waals surface area (Å²) < 4.78 is 26.0. The van der Waals surface area contributed by atoms with Gasteiger partial charge in [0.1, 0.15) is 11.6 Å². The Labute approximate surface area is 90.5 Å². The minimum absolute atomic E-state index is 0.0642. The summed E-state index contributed by atoms with van der Waals surface area (Å²) >= 11 is 0. The summed E-state index contributed by atoms with van der Waals surface area (Å²) in [6.45, 7) is 9.25. The zero-order valence-electron chi connectivity index (χ0n) is 9.99. The van der Waals surface area contributed by atoms with Crippen LogP contribution in [0.2, 0.25) is 0 Å². The van der Waals surface area contributed by atoms with E-state index in [2.05, 4.69) is 5.32 Å². The van der Waals surface area contributed by atoms with E-state index >= 15 is 0 Å². The first-order chi connectivity index (χ1) is 7.00. The molecule has 0 aliphatic rings. The van der Waals surface area contributed by atoms with E-state index in [1.54, 1.807) is 0 Å². The maximum atomic E-state index is 13.0. The fraction of sp³-hybridized carbons (Fsp3) is 0.500. The summed E-state index contributed by atoms with van der Waals surface area (Å²) in [5.74, 6) is -1.02. The minimum atomic E-state index is -0.511. The Kier molecular flexibility index (Phi) is 5.90. The molecule has 0 spiro atoms. The molecule has 0 saturated carbocycles. The van der Waals surface area contributed by atoms with E-state index in [-0.39, 0.29) is 11.6 Å². The van der Waals surface area contributed by atoms with E-state index < -0.39 is 11.6 Å². The molecule has 1 aromatic carbocycles. The van der Waals surface area contributed by atoms with Gasteiger partial charge in [0.2, 0.25) is 0 Å². The van der Waals surface area contributed by atoms with Gasteiger partial charge in [-0.15, -0.1) is 0 Å². The highest BCUT2D eigenvalue weighted by atomic mass is 19.1. The maximum absolute atomic E-state index is 13.0. The topological polar surface area (TPSA) is 12.0 Å². The van der Waals surface area contributed by atoms with E-state index in [1.165, 1.54) is 19.1 Å². The molecule has 0 aromatic heterocycles. The molecular formula is C12H19F2N. The van der Waals surface area contributed by atoms with Crippen molar-refractivity contribution in [3.8, 4) is 0 Å². The third-order valence-electron chi connectivity index (χ3n) is 1.74. The second-order valence-corrected chi connectivity index (χ2v) is 3.36. The molecule has 1 rings (SSSR count). The monoisotopic (exact) mass is 215 g/mol. The molecular weight excluding hydrogens is 196 g/mol. The molecule has 0 radical (unpaired) electrons. The Morgan fingerprint density at radius 2 is 1.47 bits per heavy atom. The second-order valence-electron chi connectivity index (χ2n) is 3.36. The van der Waals surface area contributed by atoms with E-state index in [9.17, 15) is 8.78 Å². The molecule has 0 amide bonds. The van der Waals surface area contributed by atoms with Crippen LogP contribution in [0, 0.1) is 18.6 Å². The van der Waals surface area contributed by atoms with Crippen LogP contribution in [0.3, 0.4) is 0 Å². The maximum Gasteiger partial charge on any atom is 0.131 e. The van der Waals surface area contributed by atoms with Gasteiger partial charge in [-0.3, -0.25) is 0 Å². The van der Waals surface area contributed by atoms with E-state index in [0.29, 0.717) is 5.69 Å². The van der Waals surface area contributed by atoms with Crippen molar-refractivity contribution in [3.05, 3.63) is 29.3 Å². The number of rotatable bonds is 2. The molecule has 0 fully saturated rings. The Morgan fingerprint density at radius 1 is 1.07 bits per heavy atom. The van der Waals surface area contributed by atoms with Crippen LogP contribution in [0.1, 0.15) is 33.3 Å². The molecule has 0 unspecified atom stereocenters. The second kappa shape index (κ2) is 6.38. The molecule has 0 atom stereocenters. The van der Waals surface area contributed by atoms with Crippen LogP contribution >= 0.6 is 0 Å². The third kappa shape index (κ3) is 4.28. The van der Waals surface area contributed by atoms with E-state index in [4.69, 9.17) is 0 Å². The molecule has 1 aromatic rings. The summed E-state index contributed by atoms with van der Waals surface area (Å²) in [6.07, 6.45) is 0. The third-order valence-corrected chi connectivity index (χ3v) is 1.74. The standard InChI is InChI=1S/C10H13F2N.C2H6/c1-6(2)13-8-4-9(11)7(3)10(12)5-8;1-2/h4-6,13H,1-3H3;1-2H3. The van der Waals surface area contributed by atoms with Gasteiger partial charge in [-0.25, -0.2) is 8.78 Å². The van der Waals surface area contributed by atoms with Crippen molar-refractivity contribution < 1.29 is 8.78 Å². The smallest absolute Gasteiger partial charge is 0.131 e. The Bertz CT molecular complexity index is 285. The fourth-order valence-electron chi connectivity index (χ4n) is 1.06. The van der Waals surface area contributed by atoms with Crippen LogP contribution in [0.25, 0.3) is 0 Å². The summed E-state index contributed by atoms with van der Waals surface area (Å²) in [4.78, 5) is 0. The molecule has 0 heterocycles. The summed E-state index contributed by atoms with van der Waals surface area (Å²) in [5, 5.41) is 2.93. The molecule has 3 heteroatoms. The highest BCUT2D eigenvalue weighted by Gasteiger charge is 2.06. The highest BCUT2D eigenvalue weighted by molar-refractivity contribution is 5.46. The van der Waals surface area contributed by atoms with Crippen molar-refractivity contribution in [1.29, 1.82) is 0 Å².